The highest BCUT2D eigenvalue weighted by atomic mass is 15.0. The first-order valence-corrected chi connectivity index (χ1v) is 15.0. The molecule has 1 heterocycles. The lowest BCUT2D eigenvalue weighted by Gasteiger charge is -2.11. The molecule has 0 unspecified atom stereocenters. The number of nitrogens with zero attached hydrogens (tertiary/aromatic N) is 3. The van der Waals surface area contributed by atoms with E-state index in [0.29, 0.717) is 17.5 Å². The summed E-state index contributed by atoms with van der Waals surface area (Å²) >= 11 is 0. The highest BCUT2D eigenvalue weighted by Crippen LogP contribution is 2.28. The van der Waals surface area contributed by atoms with Crippen molar-refractivity contribution in [2.24, 2.45) is 0 Å². The normalized spacial score (nSPS) is 11.9. The van der Waals surface area contributed by atoms with Crippen molar-refractivity contribution in [1.82, 2.24) is 15.0 Å². The van der Waals surface area contributed by atoms with Gasteiger partial charge in [-0.2, -0.15) is 0 Å². The summed E-state index contributed by atoms with van der Waals surface area (Å²) in [5.74, 6) is 1.77. The van der Waals surface area contributed by atoms with Crippen molar-refractivity contribution in [3.8, 4) is 34.2 Å². The van der Waals surface area contributed by atoms with Crippen LogP contribution in [-0.2, 0) is 0 Å². The molecule has 3 nitrogen and oxygen atoms in total. The van der Waals surface area contributed by atoms with E-state index in [4.69, 9.17) is 15.0 Å². The van der Waals surface area contributed by atoms with Gasteiger partial charge in [0.1, 0.15) is 0 Å². The number of aryl methyl sites for hydroxylation is 1. The molecule has 0 radical (unpaired) electrons. The third kappa shape index (κ3) is 7.65. The van der Waals surface area contributed by atoms with Gasteiger partial charge in [-0.05, 0) is 82.5 Å². The fourth-order valence-corrected chi connectivity index (χ4v) is 5.06. The van der Waals surface area contributed by atoms with E-state index < -0.39 is 0 Å². The summed E-state index contributed by atoms with van der Waals surface area (Å²) in [5, 5.41) is 4.00. The third-order valence-electron chi connectivity index (χ3n) is 7.45. The molecule has 0 aliphatic rings. The van der Waals surface area contributed by atoms with Crippen molar-refractivity contribution in [2.75, 3.05) is 0 Å². The van der Waals surface area contributed by atoms with Gasteiger partial charge in [-0.15, -0.1) is 0 Å². The maximum Gasteiger partial charge on any atom is 0.164 e. The Bertz CT molecular complexity index is 2150. The molecule has 0 aliphatic heterocycles. The number of allylic oxidation sites excluding steroid dienone is 6. The first kappa shape index (κ1) is 30.8. The Morgan fingerprint density at radius 2 is 1.22 bits per heavy atom. The Balaban J connectivity index is 1.69. The number of hydrogen-bond donors (Lipinski definition) is 0. The van der Waals surface area contributed by atoms with Crippen LogP contribution in [0.1, 0.15) is 25.0 Å². The molecular formula is C42H37N3. The maximum atomic E-state index is 5.01. The van der Waals surface area contributed by atoms with E-state index in [-0.39, 0.29) is 0 Å². The zero-order valence-electron chi connectivity index (χ0n) is 26.2. The van der Waals surface area contributed by atoms with Crippen LogP contribution in [0.4, 0.5) is 0 Å². The van der Waals surface area contributed by atoms with Gasteiger partial charge in [0.15, 0.2) is 17.5 Å². The van der Waals surface area contributed by atoms with Gasteiger partial charge in [0.05, 0.1) is 0 Å². The molecule has 5 aromatic rings. The zero-order chi connectivity index (χ0) is 31.8. The molecule has 0 fully saturated rings. The average Bonchev–Trinajstić information content (AvgIpc) is 3.05. The van der Waals surface area contributed by atoms with E-state index in [1.54, 1.807) is 0 Å². The molecule has 45 heavy (non-hydrogen) atoms. The van der Waals surface area contributed by atoms with Crippen LogP contribution >= 0.6 is 0 Å². The number of aromatic nitrogens is 3. The molecule has 0 atom stereocenters. The molecule has 0 amide bonds. The molecular weight excluding hydrogens is 546 g/mol. The summed E-state index contributed by atoms with van der Waals surface area (Å²) in [6.45, 7) is 18.5. The Morgan fingerprint density at radius 1 is 0.644 bits per heavy atom. The molecule has 0 bridgehead atoms. The van der Waals surface area contributed by atoms with Crippen molar-refractivity contribution in [2.45, 2.75) is 20.8 Å². The molecule has 3 heteroatoms. The Hall–Kier alpha value is -5.67. The molecule has 220 valence electrons. The van der Waals surface area contributed by atoms with Gasteiger partial charge >= 0.3 is 0 Å². The number of benzene rings is 3. The topological polar surface area (TPSA) is 38.7 Å². The SMILES string of the molecule is C=C/C=C(\C=C/C)C(/C)=C/c1ccc(-c2nc(-c3ccc(=C)ccccc(=C)c3)nc(-c3ccc4ccccc4c3)n2)cc1C. The lowest BCUT2D eigenvalue weighted by molar-refractivity contribution is 1.07. The molecule has 0 spiro atoms. The van der Waals surface area contributed by atoms with E-state index >= 15 is 0 Å². The fourth-order valence-electron chi connectivity index (χ4n) is 5.06. The number of hydrogen-bond acceptors (Lipinski definition) is 3. The molecule has 0 aliphatic carbocycles. The van der Waals surface area contributed by atoms with E-state index in [1.165, 1.54) is 5.39 Å². The average molecular weight is 584 g/mol. The largest absolute Gasteiger partial charge is 0.208 e. The summed E-state index contributed by atoms with van der Waals surface area (Å²) in [6.07, 6.45) is 10.2. The second-order valence-electron chi connectivity index (χ2n) is 10.9. The van der Waals surface area contributed by atoms with Crippen LogP contribution in [0.3, 0.4) is 0 Å². The quantitative estimate of drug-likeness (QED) is 0.179. The van der Waals surface area contributed by atoms with Crippen LogP contribution in [-0.4, -0.2) is 15.0 Å². The summed E-state index contributed by atoms with van der Waals surface area (Å²) in [4.78, 5) is 15.0. The van der Waals surface area contributed by atoms with Crippen LogP contribution in [0.25, 0.3) is 64.2 Å². The highest BCUT2D eigenvalue weighted by molar-refractivity contribution is 5.86. The Kier molecular flexibility index (Phi) is 9.71. The van der Waals surface area contributed by atoms with Crippen molar-refractivity contribution < 1.29 is 0 Å². The van der Waals surface area contributed by atoms with Gasteiger partial charge in [-0.1, -0.05) is 135 Å². The Morgan fingerprint density at radius 3 is 1.89 bits per heavy atom. The van der Waals surface area contributed by atoms with E-state index in [0.717, 1.165) is 54.8 Å². The van der Waals surface area contributed by atoms with Crippen molar-refractivity contribution in [3.63, 3.8) is 0 Å². The monoisotopic (exact) mass is 583 g/mol. The van der Waals surface area contributed by atoms with E-state index in [1.807, 2.05) is 79.7 Å². The van der Waals surface area contributed by atoms with Crippen LogP contribution in [0.2, 0.25) is 0 Å². The first-order chi connectivity index (χ1) is 21.8. The summed E-state index contributed by atoms with van der Waals surface area (Å²) in [6, 6.07) is 34.7. The van der Waals surface area contributed by atoms with Gasteiger partial charge in [0.2, 0.25) is 0 Å². The zero-order valence-corrected chi connectivity index (χ0v) is 26.2. The molecule has 0 saturated carbocycles. The second-order valence-corrected chi connectivity index (χ2v) is 10.9. The van der Waals surface area contributed by atoms with Crippen LogP contribution in [0.15, 0.2) is 145 Å². The van der Waals surface area contributed by atoms with Crippen LogP contribution in [0.5, 0.6) is 0 Å². The van der Waals surface area contributed by atoms with Crippen LogP contribution in [0, 0.1) is 6.92 Å². The summed E-state index contributed by atoms with van der Waals surface area (Å²) in [7, 11) is 0. The minimum Gasteiger partial charge on any atom is -0.208 e. The van der Waals surface area contributed by atoms with Gasteiger partial charge in [0, 0.05) is 16.7 Å². The highest BCUT2D eigenvalue weighted by Gasteiger charge is 2.13. The van der Waals surface area contributed by atoms with E-state index in [9.17, 15) is 0 Å². The number of rotatable bonds is 7. The van der Waals surface area contributed by atoms with Crippen molar-refractivity contribution >= 4 is 30.0 Å². The van der Waals surface area contributed by atoms with Crippen molar-refractivity contribution in [1.29, 1.82) is 0 Å². The minimum absolute atomic E-state index is 0.564. The fraction of sp³-hybridized carbons (Fsp3) is 0.0714. The lowest BCUT2D eigenvalue weighted by Crippen LogP contribution is -2.02. The molecule has 0 saturated heterocycles. The predicted octanol–water partition coefficient (Wildman–Crippen LogP) is 9.37. The minimum atomic E-state index is 0.564. The van der Waals surface area contributed by atoms with Gasteiger partial charge in [-0.3, -0.25) is 0 Å². The molecule has 5 rings (SSSR count). The van der Waals surface area contributed by atoms with Crippen LogP contribution < -0.4 is 10.4 Å². The summed E-state index contributed by atoms with van der Waals surface area (Å²) < 4.78 is 0. The molecule has 1 aromatic heterocycles. The molecule has 4 aromatic carbocycles. The maximum absolute atomic E-state index is 5.01. The van der Waals surface area contributed by atoms with Gasteiger partial charge in [0.25, 0.3) is 0 Å². The van der Waals surface area contributed by atoms with Gasteiger partial charge in [-0.25, -0.2) is 15.0 Å². The van der Waals surface area contributed by atoms with Crippen molar-refractivity contribution in [3.05, 3.63) is 167 Å². The standard InChI is InChI=1S/C42H37N3/c1-7-13-33(14-8-2)31(5)26-35-22-24-38(27-32(35)6)41-43-40(37-20-19-29(3)15-9-10-16-30(4)25-37)44-42(45-41)39-23-21-34-17-11-12-18-36(34)28-39/h7-28H,1,3-4H2,2,5-6H3/b14-8-,15-9?,16-10?,20-19?,31-26+,33-13+,37-25?. The smallest absolute Gasteiger partial charge is 0.164 e. The third-order valence-corrected chi connectivity index (χ3v) is 7.45. The molecule has 0 N–H and O–H groups in total. The predicted molar refractivity (Wildman–Crippen MR) is 193 cm³/mol. The van der Waals surface area contributed by atoms with Gasteiger partial charge < -0.3 is 0 Å². The lowest BCUT2D eigenvalue weighted by atomic mass is 9.99. The Labute approximate surface area is 266 Å². The summed E-state index contributed by atoms with van der Waals surface area (Å²) in [5.41, 5.74) is 7.20. The number of fused-ring (bicyclic) bond motifs is 1. The second kappa shape index (κ2) is 14.2. The van der Waals surface area contributed by atoms with E-state index in [2.05, 4.69) is 94.3 Å². The first-order valence-electron chi connectivity index (χ1n) is 15.0.